The minimum absolute atomic E-state index is 0.200. The third-order valence-electron chi connectivity index (χ3n) is 4.18. The fourth-order valence-electron chi connectivity index (χ4n) is 3.20. The highest BCUT2D eigenvalue weighted by atomic mass is 16.1. The Labute approximate surface area is 135 Å². The number of benzene rings is 1. The molecule has 3 heterocycles. The van der Waals surface area contributed by atoms with E-state index < -0.39 is 0 Å². The molecule has 0 fully saturated rings. The molecule has 0 atom stereocenters. The van der Waals surface area contributed by atoms with Crippen molar-refractivity contribution in [2.75, 3.05) is 0 Å². The van der Waals surface area contributed by atoms with Gasteiger partial charge in [0.2, 0.25) is 5.65 Å². The van der Waals surface area contributed by atoms with E-state index in [4.69, 9.17) is 0 Å². The number of nitrogens with zero attached hydrogens (tertiary/aromatic N) is 4. The van der Waals surface area contributed by atoms with E-state index in [0.717, 1.165) is 32.7 Å². The second kappa shape index (κ2) is 4.73. The van der Waals surface area contributed by atoms with Crippen molar-refractivity contribution >= 4 is 33.5 Å². The van der Waals surface area contributed by atoms with E-state index in [-0.39, 0.29) is 5.56 Å². The van der Waals surface area contributed by atoms with E-state index in [0.29, 0.717) is 5.65 Å². The number of hydrogen-bond donors (Lipinski definition) is 1. The topological polar surface area (TPSA) is 75.9 Å². The Morgan fingerprint density at radius 2 is 1.92 bits per heavy atom. The van der Waals surface area contributed by atoms with Gasteiger partial charge in [-0.15, -0.1) is 0 Å². The highest BCUT2D eigenvalue weighted by Crippen LogP contribution is 2.22. The van der Waals surface area contributed by atoms with E-state index in [2.05, 4.69) is 19.9 Å². The molecular formula is C18H11N5O. The quantitative estimate of drug-likeness (QED) is 0.511. The number of imidazole rings is 1. The second-order valence-electron chi connectivity index (χ2n) is 5.53. The van der Waals surface area contributed by atoms with Crippen LogP contribution in [0.25, 0.3) is 33.5 Å². The zero-order chi connectivity index (χ0) is 16.1. The van der Waals surface area contributed by atoms with Gasteiger partial charge in [0.15, 0.2) is 0 Å². The predicted molar refractivity (Wildman–Crippen MR) is 91.6 cm³/mol. The van der Waals surface area contributed by atoms with Gasteiger partial charge < -0.3 is 4.98 Å². The molecule has 0 spiro atoms. The summed E-state index contributed by atoms with van der Waals surface area (Å²) in [5.74, 6) is 0. The molecule has 1 N–H and O–H groups in total. The van der Waals surface area contributed by atoms with Crippen LogP contribution in [0, 0.1) is 0 Å². The molecule has 6 nitrogen and oxygen atoms in total. The molecule has 0 unspecified atom stereocenters. The Balaban J connectivity index is 2.10. The zero-order valence-corrected chi connectivity index (χ0v) is 12.5. The minimum atomic E-state index is -0.200. The van der Waals surface area contributed by atoms with Gasteiger partial charge in [-0.1, -0.05) is 24.3 Å². The number of H-pyrrole nitrogens is 1. The normalized spacial score (nSPS) is 12.6. The zero-order valence-electron chi connectivity index (χ0n) is 12.5. The van der Waals surface area contributed by atoms with E-state index in [1.807, 2.05) is 34.7 Å². The van der Waals surface area contributed by atoms with Crippen LogP contribution in [0.1, 0.15) is 5.69 Å². The molecule has 3 aromatic heterocycles. The first-order valence-corrected chi connectivity index (χ1v) is 7.50. The molecule has 0 amide bonds. The first-order valence-electron chi connectivity index (χ1n) is 7.50. The largest absolute Gasteiger partial charge is 0.317 e. The Hall–Kier alpha value is -3.54. The van der Waals surface area contributed by atoms with Crippen LogP contribution in [-0.4, -0.2) is 24.3 Å². The number of rotatable bonds is 1. The van der Waals surface area contributed by atoms with Crippen LogP contribution in [0.2, 0.25) is 0 Å². The number of aromatic amines is 1. The summed E-state index contributed by atoms with van der Waals surface area (Å²) in [5, 5.41) is 3.03. The number of aromatic nitrogens is 5. The van der Waals surface area contributed by atoms with Crippen molar-refractivity contribution in [3.8, 4) is 0 Å². The predicted octanol–water partition coefficient (Wildman–Crippen LogP) is 1.67. The SMILES string of the molecule is O=c1[nH]c2c3ccccc3/c(=C\c3cnccn3)c2n2ccnc12. The summed E-state index contributed by atoms with van der Waals surface area (Å²) in [7, 11) is 0. The molecular weight excluding hydrogens is 302 g/mol. The van der Waals surface area contributed by atoms with E-state index in [1.54, 1.807) is 31.0 Å². The molecule has 0 aliphatic heterocycles. The lowest BCUT2D eigenvalue weighted by atomic mass is 10.2. The van der Waals surface area contributed by atoms with Crippen LogP contribution in [0.3, 0.4) is 0 Å². The average molecular weight is 313 g/mol. The highest BCUT2D eigenvalue weighted by molar-refractivity contribution is 6.09. The van der Waals surface area contributed by atoms with Gasteiger partial charge in [-0.2, -0.15) is 0 Å². The van der Waals surface area contributed by atoms with Crippen molar-refractivity contribution in [2.24, 2.45) is 0 Å². The van der Waals surface area contributed by atoms with Gasteiger partial charge in [-0.25, -0.2) is 4.98 Å². The van der Waals surface area contributed by atoms with Gasteiger partial charge in [0.05, 0.1) is 22.9 Å². The first kappa shape index (κ1) is 13.0. The van der Waals surface area contributed by atoms with Crippen LogP contribution < -0.4 is 10.8 Å². The van der Waals surface area contributed by atoms with Gasteiger partial charge >= 0.3 is 0 Å². The summed E-state index contributed by atoms with van der Waals surface area (Å²) in [4.78, 5) is 27.9. The lowest BCUT2D eigenvalue weighted by molar-refractivity contribution is 1.17. The molecule has 2 aromatic carbocycles. The van der Waals surface area contributed by atoms with Crippen molar-refractivity contribution in [1.29, 1.82) is 0 Å². The fourth-order valence-corrected chi connectivity index (χ4v) is 3.20. The Morgan fingerprint density at radius 3 is 2.75 bits per heavy atom. The second-order valence-corrected chi connectivity index (χ2v) is 5.53. The summed E-state index contributed by atoms with van der Waals surface area (Å²) < 4.78 is 1.83. The van der Waals surface area contributed by atoms with E-state index >= 15 is 0 Å². The highest BCUT2D eigenvalue weighted by Gasteiger charge is 2.13. The summed E-state index contributed by atoms with van der Waals surface area (Å²) in [5.41, 5.74) is 2.65. The fraction of sp³-hybridized carbons (Fsp3) is 0. The number of nitrogens with one attached hydrogen (secondary N) is 1. The summed E-state index contributed by atoms with van der Waals surface area (Å²) in [6, 6.07) is 7.99. The maximum Gasteiger partial charge on any atom is 0.292 e. The Bertz CT molecular complexity index is 1320. The molecule has 0 radical (unpaired) electrons. The molecule has 0 saturated heterocycles. The summed E-state index contributed by atoms with van der Waals surface area (Å²) in [6.07, 6.45) is 10.4. The van der Waals surface area contributed by atoms with Gasteiger partial charge in [0.25, 0.3) is 5.56 Å². The molecule has 6 heteroatoms. The Kier molecular flexibility index (Phi) is 2.55. The van der Waals surface area contributed by atoms with Crippen molar-refractivity contribution in [3.05, 3.63) is 76.5 Å². The van der Waals surface area contributed by atoms with Gasteiger partial charge in [-0.05, 0) is 11.5 Å². The van der Waals surface area contributed by atoms with Crippen LogP contribution >= 0.6 is 0 Å². The smallest absolute Gasteiger partial charge is 0.292 e. The maximum atomic E-state index is 12.3. The van der Waals surface area contributed by atoms with Gasteiger partial charge in [0, 0.05) is 35.4 Å². The van der Waals surface area contributed by atoms with Crippen LogP contribution in [-0.2, 0) is 0 Å². The van der Waals surface area contributed by atoms with Crippen LogP contribution in [0.15, 0.2) is 60.0 Å². The maximum absolute atomic E-state index is 12.3. The average Bonchev–Trinajstić information content (AvgIpc) is 3.21. The molecule has 5 rings (SSSR count). The van der Waals surface area contributed by atoms with Crippen molar-refractivity contribution in [2.45, 2.75) is 0 Å². The van der Waals surface area contributed by atoms with Gasteiger partial charge in [-0.3, -0.25) is 19.2 Å². The third-order valence-corrected chi connectivity index (χ3v) is 4.18. The molecule has 5 aromatic rings. The van der Waals surface area contributed by atoms with Crippen molar-refractivity contribution in [3.63, 3.8) is 0 Å². The van der Waals surface area contributed by atoms with Crippen molar-refractivity contribution in [1.82, 2.24) is 24.3 Å². The monoisotopic (exact) mass is 313 g/mol. The van der Waals surface area contributed by atoms with Crippen molar-refractivity contribution < 1.29 is 0 Å². The van der Waals surface area contributed by atoms with E-state index in [9.17, 15) is 4.79 Å². The standard InChI is InChI=1S/C18H11N5O/c24-18-17-21-7-8-23(17)16-14(9-11-10-19-5-6-20-11)12-3-1-2-4-13(12)15(16)22-18/h1-10H,(H,22,24)/b14-9+. The lowest BCUT2D eigenvalue weighted by Gasteiger charge is -1.97. The lowest BCUT2D eigenvalue weighted by Crippen LogP contribution is -2.13. The summed E-state index contributed by atoms with van der Waals surface area (Å²) >= 11 is 0. The molecule has 0 bridgehead atoms. The molecule has 24 heavy (non-hydrogen) atoms. The molecule has 0 aliphatic carbocycles. The van der Waals surface area contributed by atoms with Crippen LogP contribution in [0.5, 0.6) is 0 Å². The molecule has 0 aliphatic rings. The summed E-state index contributed by atoms with van der Waals surface area (Å²) in [6.45, 7) is 0. The third kappa shape index (κ3) is 1.70. The minimum Gasteiger partial charge on any atom is -0.317 e. The first-order chi connectivity index (χ1) is 11.8. The molecule has 114 valence electrons. The number of fused-ring (bicyclic) bond motifs is 5. The van der Waals surface area contributed by atoms with Crippen LogP contribution in [0.4, 0.5) is 0 Å². The Morgan fingerprint density at radius 1 is 1.04 bits per heavy atom. The molecule has 0 saturated carbocycles. The number of hydrogen-bond acceptors (Lipinski definition) is 4. The van der Waals surface area contributed by atoms with E-state index in [1.165, 1.54) is 0 Å². The van der Waals surface area contributed by atoms with Gasteiger partial charge in [0.1, 0.15) is 0 Å².